The zero-order valence-electron chi connectivity index (χ0n) is 12.0. The number of hydrogen-bond donors (Lipinski definition) is 1. The third-order valence-corrected chi connectivity index (χ3v) is 6.30. The molecule has 4 aliphatic carbocycles. The van der Waals surface area contributed by atoms with E-state index in [0.717, 1.165) is 49.2 Å². The van der Waals surface area contributed by atoms with Gasteiger partial charge in [-0.25, -0.2) is 0 Å². The fraction of sp³-hybridized carbons (Fsp3) is 1.00. The van der Waals surface area contributed by atoms with E-state index < -0.39 is 5.79 Å². The summed E-state index contributed by atoms with van der Waals surface area (Å²) in [5.41, 5.74) is 6.60. The molecule has 1 saturated heterocycles. The number of rotatable bonds is 3. The summed E-state index contributed by atoms with van der Waals surface area (Å²) in [5, 5.41) is 0. The Hall–Kier alpha value is -0.120. The number of ether oxygens (including phenoxy) is 2. The first kappa shape index (κ1) is 12.6. The lowest BCUT2D eigenvalue weighted by molar-refractivity contribution is -0.159. The Morgan fingerprint density at radius 2 is 1.53 bits per heavy atom. The van der Waals surface area contributed by atoms with Crippen molar-refractivity contribution in [3.05, 3.63) is 0 Å². The van der Waals surface area contributed by atoms with Crippen molar-refractivity contribution in [3.63, 3.8) is 0 Å². The lowest BCUT2D eigenvalue weighted by atomic mass is 9.50. The standard InChI is InChI=1S/C16H27NO2/c1-16(18-2-3-19-16)9-14(17)15-12-5-10-4-11(7-12)8-13(15)6-10/h10-15H,2-9,17H2,1H3. The maximum atomic E-state index is 6.60. The fourth-order valence-electron chi connectivity index (χ4n) is 5.91. The minimum atomic E-state index is -0.409. The second kappa shape index (κ2) is 4.44. The van der Waals surface area contributed by atoms with Crippen molar-refractivity contribution in [1.82, 2.24) is 0 Å². The smallest absolute Gasteiger partial charge is 0.167 e. The molecular weight excluding hydrogens is 238 g/mol. The molecule has 2 N–H and O–H groups in total. The minimum absolute atomic E-state index is 0.262. The SMILES string of the molecule is CC1(CC(N)C2C3CC4CC(C3)CC2C4)OCCO1. The van der Waals surface area contributed by atoms with Crippen LogP contribution in [0.5, 0.6) is 0 Å². The molecule has 0 amide bonds. The molecule has 5 fully saturated rings. The van der Waals surface area contributed by atoms with Crippen molar-refractivity contribution in [2.75, 3.05) is 13.2 Å². The highest BCUT2D eigenvalue weighted by Gasteiger charge is 2.51. The number of nitrogens with two attached hydrogens (primary N) is 1. The van der Waals surface area contributed by atoms with Crippen LogP contribution in [0.1, 0.15) is 45.4 Å². The summed E-state index contributed by atoms with van der Waals surface area (Å²) >= 11 is 0. The molecule has 0 aromatic rings. The van der Waals surface area contributed by atoms with Crippen LogP contribution in [-0.2, 0) is 9.47 Å². The summed E-state index contributed by atoms with van der Waals surface area (Å²) in [5.74, 6) is 4.18. The molecule has 5 rings (SSSR count). The molecule has 19 heavy (non-hydrogen) atoms. The third-order valence-electron chi connectivity index (χ3n) is 6.30. The lowest BCUT2D eigenvalue weighted by Gasteiger charge is -2.56. The van der Waals surface area contributed by atoms with Crippen molar-refractivity contribution in [2.24, 2.45) is 35.3 Å². The molecule has 0 aromatic carbocycles. The topological polar surface area (TPSA) is 44.5 Å². The van der Waals surface area contributed by atoms with Crippen LogP contribution in [0.3, 0.4) is 0 Å². The van der Waals surface area contributed by atoms with Gasteiger partial charge in [-0.2, -0.15) is 0 Å². The van der Waals surface area contributed by atoms with Crippen LogP contribution in [0.2, 0.25) is 0 Å². The second-order valence-electron chi connectivity index (χ2n) is 7.71. The van der Waals surface area contributed by atoms with Crippen LogP contribution in [0, 0.1) is 29.6 Å². The lowest BCUT2D eigenvalue weighted by Crippen LogP contribution is -2.53. The molecule has 1 atom stereocenters. The molecule has 4 bridgehead atoms. The maximum Gasteiger partial charge on any atom is 0.167 e. The third kappa shape index (κ3) is 2.14. The summed E-state index contributed by atoms with van der Waals surface area (Å²) in [7, 11) is 0. The van der Waals surface area contributed by atoms with Gasteiger partial charge in [0, 0.05) is 12.5 Å². The average molecular weight is 265 g/mol. The first-order valence-corrected chi connectivity index (χ1v) is 8.16. The highest BCUT2D eigenvalue weighted by Crippen LogP contribution is 2.57. The van der Waals surface area contributed by atoms with Gasteiger partial charge in [0.15, 0.2) is 5.79 Å². The van der Waals surface area contributed by atoms with Crippen molar-refractivity contribution in [3.8, 4) is 0 Å². The van der Waals surface area contributed by atoms with E-state index >= 15 is 0 Å². The fourth-order valence-corrected chi connectivity index (χ4v) is 5.91. The van der Waals surface area contributed by atoms with Crippen LogP contribution in [0.4, 0.5) is 0 Å². The Labute approximate surface area is 116 Å². The highest BCUT2D eigenvalue weighted by molar-refractivity contribution is 5.01. The van der Waals surface area contributed by atoms with Crippen LogP contribution in [0.25, 0.3) is 0 Å². The Bertz CT molecular complexity index is 323. The largest absolute Gasteiger partial charge is 0.348 e. The van der Waals surface area contributed by atoms with Gasteiger partial charge in [0.2, 0.25) is 0 Å². The molecule has 0 spiro atoms. The Balaban J connectivity index is 1.46. The van der Waals surface area contributed by atoms with E-state index in [-0.39, 0.29) is 6.04 Å². The van der Waals surface area contributed by atoms with E-state index in [2.05, 4.69) is 6.92 Å². The van der Waals surface area contributed by atoms with Gasteiger partial charge in [0.1, 0.15) is 0 Å². The van der Waals surface area contributed by atoms with Gasteiger partial charge in [0.25, 0.3) is 0 Å². The molecule has 1 unspecified atom stereocenters. The maximum absolute atomic E-state index is 6.60. The van der Waals surface area contributed by atoms with Gasteiger partial charge in [-0.05, 0) is 68.6 Å². The van der Waals surface area contributed by atoms with Crippen LogP contribution < -0.4 is 5.73 Å². The van der Waals surface area contributed by atoms with Crippen molar-refractivity contribution >= 4 is 0 Å². The van der Waals surface area contributed by atoms with Crippen LogP contribution >= 0.6 is 0 Å². The van der Waals surface area contributed by atoms with E-state index in [1.807, 2.05) is 0 Å². The summed E-state index contributed by atoms with van der Waals surface area (Å²) in [4.78, 5) is 0. The Morgan fingerprint density at radius 3 is 2.05 bits per heavy atom. The zero-order chi connectivity index (χ0) is 13.0. The van der Waals surface area contributed by atoms with Gasteiger partial charge in [-0.3, -0.25) is 0 Å². The Morgan fingerprint density at radius 1 is 1.00 bits per heavy atom. The van der Waals surface area contributed by atoms with E-state index in [1.54, 1.807) is 0 Å². The molecular formula is C16H27NO2. The normalized spacial score (nSPS) is 48.6. The first-order chi connectivity index (χ1) is 9.13. The van der Waals surface area contributed by atoms with Crippen LogP contribution in [0.15, 0.2) is 0 Å². The van der Waals surface area contributed by atoms with Gasteiger partial charge in [-0.15, -0.1) is 0 Å². The quantitative estimate of drug-likeness (QED) is 0.853. The Kier molecular flexibility index (Phi) is 2.95. The monoisotopic (exact) mass is 265 g/mol. The molecule has 0 radical (unpaired) electrons. The van der Waals surface area contributed by atoms with Gasteiger partial charge < -0.3 is 15.2 Å². The minimum Gasteiger partial charge on any atom is -0.348 e. The van der Waals surface area contributed by atoms with E-state index in [4.69, 9.17) is 15.2 Å². The van der Waals surface area contributed by atoms with Gasteiger partial charge >= 0.3 is 0 Å². The summed E-state index contributed by atoms with van der Waals surface area (Å²) in [6.45, 7) is 3.52. The highest BCUT2D eigenvalue weighted by atomic mass is 16.7. The molecule has 5 aliphatic rings. The zero-order valence-corrected chi connectivity index (χ0v) is 12.0. The van der Waals surface area contributed by atoms with E-state index in [1.165, 1.54) is 32.1 Å². The molecule has 4 saturated carbocycles. The van der Waals surface area contributed by atoms with Crippen molar-refractivity contribution in [2.45, 2.75) is 57.3 Å². The molecule has 108 valence electrons. The van der Waals surface area contributed by atoms with Gasteiger partial charge in [-0.1, -0.05) is 0 Å². The first-order valence-electron chi connectivity index (χ1n) is 8.16. The molecule has 3 nitrogen and oxygen atoms in total. The molecule has 1 aliphatic heterocycles. The van der Waals surface area contributed by atoms with Crippen molar-refractivity contribution in [1.29, 1.82) is 0 Å². The van der Waals surface area contributed by atoms with Crippen molar-refractivity contribution < 1.29 is 9.47 Å². The molecule has 1 heterocycles. The van der Waals surface area contributed by atoms with E-state index in [9.17, 15) is 0 Å². The summed E-state index contributed by atoms with van der Waals surface area (Å²) in [6.07, 6.45) is 8.18. The summed E-state index contributed by atoms with van der Waals surface area (Å²) < 4.78 is 11.5. The second-order valence-corrected chi connectivity index (χ2v) is 7.71. The van der Waals surface area contributed by atoms with E-state index in [0.29, 0.717) is 0 Å². The predicted molar refractivity (Wildman–Crippen MR) is 73.4 cm³/mol. The average Bonchev–Trinajstić information content (AvgIpc) is 2.74. The summed E-state index contributed by atoms with van der Waals surface area (Å²) in [6, 6.07) is 0.262. The number of hydrogen-bond acceptors (Lipinski definition) is 3. The van der Waals surface area contributed by atoms with Gasteiger partial charge in [0.05, 0.1) is 13.2 Å². The molecule has 0 aromatic heterocycles. The predicted octanol–water partition coefficient (Wildman–Crippen LogP) is 2.54. The van der Waals surface area contributed by atoms with Crippen LogP contribution in [-0.4, -0.2) is 25.0 Å². The molecule has 3 heteroatoms.